The summed E-state index contributed by atoms with van der Waals surface area (Å²) in [6.07, 6.45) is 1.33. The fourth-order valence-corrected chi connectivity index (χ4v) is 3.25. The molecule has 0 bridgehead atoms. The van der Waals surface area contributed by atoms with Gasteiger partial charge in [-0.05, 0) is 52.7 Å². The lowest BCUT2D eigenvalue weighted by molar-refractivity contribution is -0.143. The average molecular weight is 541 g/mol. The Morgan fingerprint density at radius 3 is 2.55 bits per heavy atom. The topological polar surface area (TPSA) is 115 Å². The summed E-state index contributed by atoms with van der Waals surface area (Å²) < 4.78 is 16.1. The Morgan fingerprint density at radius 1 is 1.12 bits per heavy atom. The van der Waals surface area contributed by atoms with Crippen LogP contribution in [0.15, 0.2) is 46.0 Å². The number of carbonyl (C=O) groups is 3. The second-order valence-electron chi connectivity index (χ2n) is 6.45. The zero-order chi connectivity index (χ0) is 24.2. The second-order valence-corrected chi connectivity index (χ2v) is 7.71. The van der Waals surface area contributed by atoms with Crippen LogP contribution in [0.5, 0.6) is 11.5 Å². The van der Waals surface area contributed by atoms with Gasteiger partial charge in [-0.3, -0.25) is 9.59 Å². The van der Waals surface area contributed by atoms with Crippen molar-refractivity contribution in [2.75, 3.05) is 25.6 Å². The van der Waals surface area contributed by atoms with Gasteiger partial charge in [0.15, 0.2) is 18.1 Å². The van der Waals surface area contributed by atoms with E-state index in [0.717, 1.165) is 0 Å². The van der Waals surface area contributed by atoms with Crippen molar-refractivity contribution in [1.29, 1.82) is 0 Å². The maximum Gasteiger partial charge on any atom is 0.343 e. The molecule has 9 nitrogen and oxygen atoms in total. The van der Waals surface area contributed by atoms with Gasteiger partial charge in [0.05, 0.1) is 35.1 Å². The normalized spacial score (nSPS) is 10.5. The van der Waals surface area contributed by atoms with Crippen LogP contribution < -0.4 is 20.2 Å². The van der Waals surface area contributed by atoms with E-state index in [0.29, 0.717) is 38.9 Å². The molecule has 0 saturated carbocycles. The van der Waals surface area contributed by atoms with Crippen molar-refractivity contribution in [2.45, 2.75) is 19.8 Å². The highest BCUT2D eigenvalue weighted by Gasteiger charge is 2.14. The molecule has 2 rings (SSSR count). The van der Waals surface area contributed by atoms with E-state index in [-0.39, 0.29) is 25.4 Å². The molecule has 0 saturated heterocycles. The first-order valence-corrected chi connectivity index (χ1v) is 11.0. The molecule has 0 aromatic heterocycles. The number of amides is 2. The lowest BCUT2D eigenvalue weighted by Crippen LogP contribution is -2.20. The summed E-state index contributed by atoms with van der Waals surface area (Å²) in [4.78, 5) is 35.3. The zero-order valence-electron chi connectivity index (χ0n) is 18.0. The summed E-state index contributed by atoms with van der Waals surface area (Å²) in [7, 11) is 1.27. The Balaban J connectivity index is 1.91. The van der Waals surface area contributed by atoms with Crippen molar-refractivity contribution in [3.05, 3.63) is 51.5 Å². The lowest BCUT2D eigenvalue weighted by Gasteiger charge is -2.13. The van der Waals surface area contributed by atoms with Crippen molar-refractivity contribution in [1.82, 2.24) is 5.43 Å². The Morgan fingerprint density at radius 2 is 1.85 bits per heavy atom. The molecule has 0 fully saturated rings. The number of nitrogens with zero attached hydrogens (tertiary/aromatic N) is 1. The summed E-state index contributed by atoms with van der Waals surface area (Å²) in [6, 6.07) is 10.2. The number of para-hydroxylation sites is 1. The number of ether oxygens (including phenoxy) is 3. The van der Waals surface area contributed by atoms with Crippen LogP contribution in [0.2, 0.25) is 5.02 Å². The number of carbonyl (C=O) groups excluding carboxylic acids is 3. The van der Waals surface area contributed by atoms with E-state index in [4.69, 9.17) is 21.1 Å². The molecular weight excluding hydrogens is 518 g/mol. The maximum atomic E-state index is 12.0. The molecule has 33 heavy (non-hydrogen) atoms. The van der Waals surface area contributed by atoms with E-state index in [9.17, 15) is 14.4 Å². The van der Waals surface area contributed by atoms with Crippen LogP contribution in [0.4, 0.5) is 5.69 Å². The summed E-state index contributed by atoms with van der Waals surface area (Å²) in [6.45, 7) is 1.90. The molecule has 2 aromatic rings. The SMILES string of the molecule is CCOc1cc(C=NNC(=O)CCC(=O)Nc2ccccc2Cl)cc(Br)c1OCC(=O)OC. The highest BCUT2D eigenvalue weighted by Crippen LogP contribution is 2.36. The molecule has 11 heteroatoms. The zero-order valence-corrected chi connectivity index (χ0v) is 20.4. The summed E-state index contributed by atoms with van der Waals surface area (Å²) >= 11 is 9.37. The van der Waals surface area contributed by atoms with Crippen molar-refractivity contribution in [2.24, 2.45) is 5.10 Å². The number of nitrogens with one attached hydrogen (secondary N) is 2. The van der Waals surface area contributed by atoms with Gasteiger partial charge in [-0.1, -0.05) is 23.7 Å². The smallest absolute Gasteiger partial charge is 0.343 e. The highest BCUT2D eigenvalue weighted by atomic mass is 79.9. The van der Waals surface area contributed by atoms with Crippen LogP contribution in [0.25, 0.3) is 0 Å². The standard InChI is InChI=1S/C22H23BrClN3O6/c1-3-32-18-11-14(10-15(23)22(18)33-13-21(30)31-2)12-25-27-20(29)9-8-19(28)26-17-7-5-4-6-16(17)24/h4-7,10-12H,3,8-9,13H2,1-2H3,(H,26,28)(H,27,29). The van der Waals surface area contributed by atoms with Crippen molar-refractivity contribution in [3.8, 4) is 11.5 Å². The molecule has 0 atom stereocenters. The number of halogens is 2. The summed E-state index contributed by atoms with van der Waals surface area (Å²) in [5.74, 6) is -0.566. The van der Waals surface area contributed by atoms with Gasteiger partial charge >= 0.3 is 5.97 Å². The fourth-order valence-electron chi connectivity index (χ4n) is 2.49. The van der Waals surface area contributed by atoms with E-state index in [1.54, 1.807) is 43.3 Å². The molecule has 0 heterocycles. The molecule has 0 unspecified atom stereocenters. The predicted octanol–water partition coefficient (Wildman–Crippen LogP) is 3.92. The first-order chi connectivity index (χ1) is 15.8. The number of esters is 1. The number of hydrogen-bond donors (Lipinski definition) is 2. The lowest BCUT2D eigenvalue weighted by atomic mass is 10.2. The molecule has 176 valence electrons. The van der Waals surface area contributed by atoms with Gasteiger partial charge in [-0.25, -0.2) is 10.2 Å². The number of hydrogen-bond acceptors (Lipinski definition) is 7. The quantitative estimate of drug-likeness (QED) is 0.254. The van der Waals surface area contributed by atoms with Gasteiger partial charge in [0.1, 0.15) is 0 Å². The molecular formula is C22H23BrClN3O6. The average Bonchev–Trinajstić information content (AvgIpc) is 2.78. The number of anilines is 1. The monoisotopic (exact) mass is 539 g/mol. The van der Waals surface area contributed by atoms with E-state index < -0.39 is 11.9 Å². The third-order valence-corrected chi connectivity index (χ3v) is 4.94. The van der Waals surface area contributed by atoms with E-state index in [1.807, 2.05) is 0 Å². The second kappa shape index (κ2) is 13.4. The van der Waals surface area contributed by atoms with Crippen LogP contribution in [0.1, 0.15) is 25.3 Å². The Hall–Kier alpha value is -3.11. The minimum atomic E-state index is -0.529. The van der Waals surface area contributed by atoms with E-state index in [1.165, 1.54) is 13.3 Å². The van der Waals surface area contributed by atoms with Gasteiger partial charge in [-0.15, -0.1) is 0 Å². The molecule has 0 aliphatic heterocycles. The minimum Gasteiger partial charge on any atom is -0.490 e. The molecule has 0 aliphatic rings. The van der Waals surface area contributed by atoms with Crippen LogP contribution >= 0.6 is 27.5 Å². The van der Waals surface area contributed by atoms with E-state index >= 15 is 0 Å². The first kappa shape index (κ1) is 26.1. The van der Waals surface area contributed by atoms with Gasteiger partial charge < -0.3 is 19.5 Å². The number of methoxy groups -OCH3 is 1. The molecule has 2 amide bonds. The van der Waals surface area contributed by atoms with Gasteiger partial charge in [0.25, 0.3) is 0 Å². The Labute approximate surface area is 204 Å². The Bertz CT molecular complexity index is 1030. The molecule has 2 aromatic carbocycles. The number of hydrazone groups is 1. The van der Waals surface area contributed by atoms with Crippen LogP contribution in [0, 0.1) is 0 Å². The first-order valence-electron chi connectivity index (χ1n) is 9.86. The number of benzene rings is 2. The molecule has 0 radical (unpaired) electrons. The summed E-state index contributed by atoms with van der Waals surface area (Å²) in [5, 5.41) is 6.97. The highest BCUT2D eigenvalue weighted by molar-refractivity contribution is 9.10. The predicted molar refractivity (Wildman–Crippen MR) is 128 cm³/mol. The molecule has 2 N–H and O–H groups in total. The van der Waals surface area contributed by atoms with Crippen molar-refractivity contribution in [3.63, 3.8) is 0 Å². The number of rotatable bonds is 11. The van der Waals surface area contributed by atoms with Crippen molar-refractivity contribution >= 4 is 57.2 Å². The molecule has 0 aliphatic carbocycles. The third-order valence-electron chi connectivity index (χ3n) is 4.02. The third kappa shape index (κ3) is 8.74. The molecule has 0 spiro atoms. The Kier molecular flexibility index (Phi) is 10.6. The van der Waals surface area contributed by atoms with Crippen LogP contribution in [-0.2, 0) is 19.1 Å². The van der Waals surface area contributed by atoms with Crippen LogP contribution in [-0.4, -0.2) is 44.3 Å². The fraction of sp³-hybridized carbons (Fsp3) is 0.273. The van der Waals surface area contributed by atoms with Gasteiger partial charge in [0, 0.05) is 12.8 Å². The van der Waals surface area contributed by atoms with Gasteiger partial charge in [0.2, 0.25) is 11.8 Å². The largest absolute Gasteiger partial charge is 0.490 e. The van der Waals surface area contributed by atoms with Crippen molar-refractivity contribution < 1.29 is 28.6 Å². The maximum absolute atomic E-state index is 12.0. The summed E-state index contributed by atoms with van der Waals surface area (Å²) in [5.41, 5.74) is 3.46. The minimum absolute atomic E-state index is 0.0289. The van der Waals surface area contributed by atoms with E-state index in [2.05, 4.69) is 36.5 Å². The van der Waals surface area contributed by atoms with Crippen LogP contribution in [0.3, 0.4) is 0 Å². The van der Waals surface area contributed by atoms with Gasteiger partial charge in [-0.2, -0.15) is 5.10 Å².